The number of nitrogens with zero attached hydrogens (tertiary/aromatic N) is 6. The molecule has 164 valence electrons. The number of hydrogen-bond donors (Lipinski definition) is 0. The van der Waals surface area contributed by atoms with Gasteiger partial charge in [0.1, 0.15) is 24.0 Å². The molecule has 1 fully saturated rings. The summed E-state index contributed by atoms with van der Waals surface area (Å²) in [5.41, 5.74) is 1.85. The van der Waals surface area contributed by atoms with Gasteiger partial charge < -0.3 is 14.5 Å². The lowest BCUT2D eigenvalue weighted by molar-refractivity contribution is -0.138. The van der Waals surface area contributed by atoms with E-state index in [0.717, 1.165) is 4.90 Å². The van der Waals surface area contributed by atoms with Crippen LogP contribution in [0.25, 0.3) is 22.1 Å². The van der Waals surface area contributed by atoms with Crippen LogP contribution in [0.1, 0.15) is 0 Å². The number of benzene rings is 1. The molecule has 32 heavy (non-hydrogen) atoms. The average molecular weight is 454 g/mol. The van der Waals surface area contributed by atoms with Gasteiger partial charge in [0.15, 0.2) is 0 Å². The number of amides is 1. The second kappa shape index (κ2) is 9.05. The van der Waals surface area contributed by atoms with Crippen molar-refractivity contribution >= 4 is 39.7 Å². The minimum atomic E-state index is -0.329. The first-order valence-electron chi connectivity index (χ1n) is 10.0. The summed E-state index contributed by atoms with van der Waals surface area (Å²) < 4.78 is 19.4. The fraction of sp³-hybridized carbons (Fsp3) is 0.286. The van der Waals surface area contributed by atoms with E-state index in [2.05, 4.69) is 20.3 Å². The number of halogens is 1. The van der Waals surface area contributed by atoms with Crippen LogP contribution >= 0.6 is 11.8 Å². The predicted octanol–water partition coefficient (Wildman–Crippen LogP) is 1.96. The number of hydrogen-bond acceptors (Lipinski definition) is 8. The van der Waals surface area contributed by atoms with Gasteiger partial charge in [-0.15, -0.1) is 16.9 Å². The fourth-order valence-corrected chi connectivity index (χ4v) is 4.42. The SMILES string of the molecule is O=C(CSc1ccnc2ccc(F)cc12)N1CCOC(COn2nnc3cccnc32)C1. The Morgan fingerprint density at radius 3 is 3.09 bits per heavy atom. The number of carbonyl (C=O) groups excluding carboxylic acids is 1. The highest BCUT2D eigenvalue weighted by Crippen LogP contribution is 2.27. The van der Waals surface area contributed by atoms with Crippen LogP contribution in [0.2, 0.25) is 0 Å². The first-order valence-corrected chi connectivity index (χ1v) is 11.0. The van der Waals surface area contributed by atoms with Gasteiger partial charge in [-0.1, -0.05) is 4.85 Å². The standard InChI is InChI=1S/C21H19FN6O3S/c22-14-3-4-17-16(10-14)19(5-7-23-17)32-13-20(29)27-8-9-30-15(11-27)12-31-28-21-18(25-26-28)2-1-6-24-21/h1-7,10,15H,8-9,11-13H2. The molecule has 1 amide bonds. The first kappa shape index (κ1) is 20.6. The number of ether oxygens (including phenoxy) is 1. The lowest BCUT2D eigenvalue weighted by Crippen LogP contribution is -2.48. The number of rotatable bonds is 6. The summed E-state index contributed by atoms with van der Waals surface area (Å²) >= 11 is 1.37. The Morgan fingerprint density at radius 2 is 2.16 bits per heavy atom. The summed E-state index contributed by atoms with van der Waals surface area (Å²) in [4.78, 5) is 30.8. The van der Waals surface area contributed by atoms with Crippen LogP contribution in [-0.2, 0) is 9.53 Å². The third-order valence-electron chi connectivity index (χ3n) is 5.07. The quantitative estimate of drug-likeness (QED) is 0.408. The van der Waals surface area contributed by atoms with Crippen molar-refractivity contribution in [3.8, 4) is 0 Å². The van der Waals surface area contributed by atoms with Crippen molar-refractivity contribution in [1.29, 1.82) is 0 Å². The minimum Gasteiger partial charge on any atom is -0.391 e. The minimum absolute atomic E-state index is 0.0162. The molecule has 0 spiro atoms. The van der Waals surface area contributed by atoms with E-state index in [1.807, 2.05) is 0 Å². The molecular weight excluding hydrogens is 435 g/mol. The van der Waals surface area contributed by atoms with Crippen molar-refractivity contribution < 1.29 is 18.8 Å². The van der Waals surface area contributed by atoms with Crippen LogP contribution in [0.5, 0.6) is 0 Å². The third-order valence-corrected chi connectivity index (χ3v) is 6.13. The van der Waals surface area contributed by atoms with Crippen LogP contribution < -0.4 is 4.84 Å². The number of pyridine rings is 2. The molecule has 0 aliphatic carbocycles. The molecule has 0 saturated carbocycles. The molecule has 0 bridgehead atoms. The fourth-order valence-electron chi connectivity index (χ4n) is 3.48. The second-order valence-corrected chi connectivity index (χ2v) is 8.21. The van der Waals surface area contributed by atoms with Crippen molar-refractivity contribution in [2.45, 2.75) is 11.0 Å². The Kier molecular flexibility index (Phi) is 5.82. The smallest absolute Gasteiger partial charge is 0.233 e. The molecule has 1 saturated heterocycles. The molecule has 0 N–H and O–H groups in total. The molecule has 0 radical (unpaired) electrons. The normalized spacial score (nSPS) is 16.5. The van der Waals surface area contributed by atoms with Crippen molar-refractivity contribution in [2.24, 2.45) is 0 Å². The number of aromatic nitrogens is 5. The molecule has 3 aromatic heterocycles. The Bertz CT molecular complexity index is 1270. The largest absolute Gasteiger partial charge is 0.391 e. The zero-order valence-electron chi connectivity index (χ0n) is 16.9. The summed E-state index contributed by atoms with van der Waals surface area (Å²) in [6, 6.07) is 9.83. The van der Waals surface area contributed by atoms with E-state index in [-0.39, 0.29) is 30.2 Å². The first-order chi connectivity index (χ1) is 15.7. The maximum Gasteiger partial charge on any atom is 0.233 e. The molecular formula is C21H19FN6O3S. The van der Waals surface area contributed by atoms with Gasteiger partial charge in [0, 0.05) is 29.2 Å². The predicted molar refractivity (Wildman–Crippen MR) is 116 cm³/mol. The molecule has 1 unspecified atom stereocenters. The lowest BCUT2D eigenvalue weighted by Gasteiger charge is -2.32. The number of carbonyl (C=O) groups is 1. The van der Waals surface area contributed by atoms with Crippen molar-refractivity contribution in [2.75, 3.05) is 32.1 Å². The molecule has 1 aliphatic rings. The number of fused-ring (bicyclic) bond motifs is 2. The molecule has 1 aliphatic heterocycles. The maximum atomic E-state index is 13.7. The summed E-state index contributed by atoms with van der Waals surface area (Å²) in [5, 5.41) is 8.63. The van der Waals surface area contributed by atoms with Crippen LogP contribution in [0.4, 0.5) is 4.39 Å². The van der Waals surface area contributed by atoms with Gasteiger partial charge in [0.2, 0.25) is 11.6 Å². The number of morpholine rings is 1. The zero-order valence-corrected chi connectivity index (χ0v) is 17.7. The lowest BCUT2D eigenvalue weighted by atomic mass is 10.2. The van der Waals surface area contributed by atoms with Crippen LogP contribution in [-0.4, -0.2) is 74.1 Å². The van der Waals surface area contributed by atoms with E-state index in [1.54, 1.807) is 41.6 Å². The van der Waals surface area contributed by atoms with Gasteiger partial charge in [-0.3, -0.25) is 9.78 Å². The van der Waals surface area contributed by atoms with Gasteiger partial charge in [-0.05, 0) is 41.6 Å². The second-order valence-electron chi connectivity index (χ2n) is 7.20. The van der Waals surface area contributed by atoms with Crippen LogP contribution in [0, 0.1) is 5.82 Å². The third kappa shape index (κ3) is 4.34. The molecule has 1 atom stereocenters. The molecule has 4 aromatic rings. The Balaban J connectivity index is 1.18. The van der Waals surface area contributed by atoms with Gasteiger partial charge in [0.05, 0.1) is 24.4 Å². The van der Waals surface area contributed by atoms with Gasteiger partial charge in [-0.2, -0.15) is 0 Å². The Labute approximate surface area is 186 Å². The van der Waals surface area contributed by atoms with E-state index in [9.17, 15) is 9.18 Å². The van der Waals surface area contributed by atoms with E-state index >= 15 is 0 Å². The Hall–Kier alpha value is -3.31. The average Bonchev–Trinajstić information content (AvgIpc) is 3.24. The van der Waals surface area contributed by atoms with Gasteiger partial charge in [-0.25, -0.2) is 9.37 Å². The van der Waals surface area contributed by atoms with E-state index < -0.39 is 0 Å². The number of thioether (sulfide) groups is 1. The van der Waals surface area contributed by atoms with E-state index in [0.29, 0.717) is 41.8 Å². The molecule has 9 nitrogen and oxygen atoms in total. The van der Waals surface area contributed by atoms with Crippen LogP contribution in [0.3, 0.4) is 0 Å². The monoisotopic (exact) mass is 454 g/mol. The Morgan fingerprint density at radius 1 is 1.22 bits per heavy atom. The zero-order chi connectivity index (χ0) is 21.9. The summed E-state index contributed by atoms with van der Waals surface area (Å²) in [6.45, 7) is 1.55. The highest BCUT2D eigenvalue weighted by molar-refractivity contribution is 8.00. The van der Waals surface area contributed by atoms with Gasteiger partial charge in [0.25, 0.3) is 0 Å². The summed E-state index contributed by atoms with van der Waals surface area (Å²) in [6.07, 6.45) is 3.01. The molecule has 5 rings (SSSR count). The topological polar surface area (TPSA) is 95.3 Å². The van der Waals surface area contributed by atoms with Crippen LogP contribution in [0.15, 0.2) is 53.7 Å². The van der Waals surface area contributed by atoms with Crippen molar-refractivity contribution in [3.63, 3.8) is 0 Å². The highest BCUT2D eigenvalue weighted by atomic mass is 32.2. The molecule has 1 aromatic carbocycles. The van der Waals surface area contributed by atoms with Gasteiger partial charge >= 0.3 is 0 Å². The van der Waals surface area contributed by atoms with E-state index in [1.165, 1.54) is 28.7 Å². The molecule has 11 heteroatoms. The van der Waals surface area contributed by atoms with E-state index in [4.69, 9.17) is 9.57 Å². The highest BCUT2D eigenvalue weighted by Gasteiger charge is 2.25. The van der Waals surface area contributed by atoms with Crippen molar-refractivity contribution in [1.82, 2.24) is 30.0 Å². The maximum absolute atomic E-state index is 13.7. The van der Waals surface area contributed by atoms with Crippen molar-refractivity contribution in [3.05, 3.63) is 54.6 Å². The molecule has 4 heterocycles. The summed E-state index contributed by atoms with van der Waals surface area (Å²) in [5.74, 6) is -0.108. The summed E-state index contributed by atoms with van der Waals surface area (Å²) in [7, 11) is 0.